The Kier molecular flexibility index (Phi) is 4.72. The summed E-state index contributed by atoms with van der Waals surface area (Å²) in [6.45, 7) is 4.63. The minimum Gasteiger partial charge on any atom is -0.382 e. The van der Waals surface area contributed by atoms with Crippen LogP contribution in [0.2, 0.25) is 0 Å². The highest BCUT2D eigenvalue weighted by atomic mass is 16.5. The van der Waals surface area contributed by atoms with Crippen molar-refractivity contribution in [3.05, 3.63) is 36.4 Å². The highest BCUT2D eigenvalue weighted by molar-refractivity contribution is 5.61. The molecule has 2 aromatic rings. The first-order chi connectivity index (χ1) is 10.0. The molecule has 0 saturated heterocycles. The van der Waals surface area contributed by atoms with E-state index in [9.17, 15) is 0 Å². The molecule has 0 atom stereocenters. The molecular formula is C15H21N5O. The van der Waals surface area contributed by atoms with Crippen LogP contribution in [0.3, 0.4) is 0 Å². The van der Waals surface area contributed by atoms with Gasteiger partial charge in [-0.25, -0.2) is 15.8 Å². The van der Waals surface area contributed by atoms with Gasteiger partial charge in [-0.3, -0.25) is 0 Å². The number of benzene rings is 1. The molecule has 4 N–H and O–H groups in total. The number of ether oxygens (including phenoxy) is 1. The summed E-state index contributed by atoms with van der Waals surface area (Å²) in [4.78, 5) is 8.93. The Balaban J connectivity index is 2.34. The number of methoxy groups -OCH3 is 1. The van der Waals surface area contributed by atoms with Crippen LogP contribution in [0.1, 0.15) is 13.8 Å². The molecule has 112 valence electrons. The van der Waals surface area contributed by atoms with Gasteiger partial charge in [-0.15, -0.1) is 0 Å². The molecule has 1 heterocycles. The van der Waals surface area contributed by atoms with Crippen LogP contribution >= 0.6 is 0 Å². The Bertz CT molecular complexity index is 586. The molecule has 0 fully saturated rings. The summed E-state index contributed by atoms with van der Waals surface area (Å²) in [5, 5.41) is 3.33. The molecule has 0 aliphatic carbocycles. The third kappa shape index (κ3) is 4.14. The molecule has 0 unspecified atom stereocenters. The molecule has 0 radical (unpaired) electrons. The quantitative estimate of drug-likeness (QED) is 0.558. The largest absolute Gasteiger partial charge is 0.382 e. The lowest BCUT2D eigenvalue weighted by molar-refractivity contribution is 0.158. The summed E-state index contributed by atoms with van der Waals surface area (Å²) < 4.78 is 5.20. The lowest BCUT2D eigenvalue weighted by Crippen LogP contribution is -2.36. The maximum Gasteiger partial charge on any atom is 0.163 e. The summed E-state index contributed by atoms with van der Waals surface area (Å²) in [5.41, 5.74) is 3.26. The standard InChI is InChI=1S/C15H21N5O/c1-15(2,10-21-3)19-12-9-13(20-16)18-14(17-12)11-7-5-4-6-8-11/h4-9H,10,16H2,1-3H3,(H2,17,18,19,20). The molecule has 0 amide bonds. The Hall–Kier alpha value is -2.18. The number of nitrogens with zero attached hydrogens (tertiary/aromatic N) is 2. The number of nitrogens with two attached hydrogens (primary N) is 1. The first-order valence-corrected chi connectivity index (χ1v) is 6.72. The monoisotopic (exact) mass is 287 g/mol. The summed E-state index contributed by atoms with van der Waals surface area (Å²) >= 11 is 0. The first kappa shape index (κ1) is 15.2. The number of hydrogen-bond acceptors (Lipinski definition) is 6. The zero-order valence-corrected chi connectivity index (χ0v) is 12.6. The van der Waals surface area contributed by atoms with Crippen LogP contribution in [0.4, 0.5) is 11.6 Å². The molecule has 2 rings (SSSR count). The van der Waals surface area contributed by atoms with Gasteiger partial charge < -0.3 is 15.5 Å². The first-order valence-electron chi connectivity index (χ1n) is 6.72. The van der Waals surface area contributed by atoms with Gasteiger partial charge in [0.25, 0.3) is 0 Å². The highest BCUT2D eigenvalue weighted by Gasteiger charge is 2.18. The van der Waals surface area contributed by atoms with Crippen LogP contribution in [0.5, 0.6) is 0 Å². The molecule has 1 aromatic carbocycles. The summed E-state index contributed by atoms with van der Waals surface area (Å²) in [6, 6.07) is 11.5. The van der Waals surface area contributed by atoms with E-state index in [1.54, 1.807) is 13.2 Å². The zero-order valence-electron chi connectivity index (χ0n) is 12.6. The van der Waals surface area contributed by atoms with Gasteiger partial charge >= 0.3 is 0 Å². The molecule has 0 spiro atoms. The Morgan fingerprint density at radius 2 is 1.81 bits per heavy atom. The van der Waals surface area contributed by atoms with Crippen molar-refractivity contribution in [1.29, 1.82) is 0 Å². The van der Waals surface area contributed by atoms with Crippen molar-refractivity contribution in [1.82, 2.24) is 9.97 Å². The van der Waals surface area contributed by atoms with E-state index in [0.717, 1.165) is 5.56 Å². The van der Waals surface area contributed by atoms with Crippen molar-refractivity contribution in [3.63, 3.8) is 0 Å². The van der Waals surface area contributed by atoms with Gasteiger partial charge in [0, 0.05) is 18.7 Å². The second-order valence-electron chi connectivity index (χ2n) is 5.41. The number of hydrogen-bond donors (Lipinski definition) is 3. The van der Waals surface area contributed by atoms with Gasteiger partial charge in [0.2, 0.25) is 0 Å². The molecule has 21 heavy (non-hydrogen) atoms. The molecular weight excluding hydrogens is 266 g/mol. The van der Waals surface area contributed by atoms with Crippen molar-refractivity contribution in [3.8, 4) is 11.4 Å². The fourth-order valence-electron chi connectivity index (χ4n) is 2.05. The maximum absolute atomic E-state index is 5.50. The van der Waals surface area contributed by atoms with Crippen molar-refractivity contribution in [2.75, 3.05) is 24.5 Å². The van der Waals surface area contributed by atoms with Crippen LogP contribution in [-0.2, 0) is 4.74 Å². The molecule has 0 bridgehead atoms. The molecule has 6 heteroatoms. The SMILES string of the molecule is COCC(C)(C)Nc1cc(NN)nc(-c2ccccc2)n1. The van der Waals surface area contributed by atoms with E-state index in [1.807, 2.05) is 44.2 Å². The number of nitrogen functional groups attached to an aromatic ring is 1. The average molecular weight is 287 g/mol. The van der Waals surface area contributed by atoms with Crippen LogP contribution in [0, 0.1) is 0 Å². The summed E-state index contributed by atoms with van der Waals surface area (Å²) in [6.07, 6.45) is 0. The zero-order chi connectivity index (χ0) is 15.3. The fourth-order valence-corrected chi connectivity index (χ4v) is 2.05. The van der Waals surface area contributed by atoms with Crippen LogP contribution in [-0.4, -0.2) is 29.2 Å². The normalized spacial score (nSPS) is 11.2. The Labute approximate surface area is 124 Å². The topological polar surface area (TPSA) is 85.1 Å². The number of nitrogens with one attached hydrogen (secondary N) is 2. The van der Waals surface area contributed by atoms with Crippen molar-refractivity contribution in [2.45, 2.75) is 19.4 Å². The van der Waals surface area contributed by atoms with Gasteiger partial charge in [0.05, 0.1) is 12.1 Å². The molecule has 0 aliphatic rings. The molecule has 6 nitrogen and oxygen atoms in total. The van der Waals surface area contributed by atoms with E-state index >= 15 is 0 Å². The summed E-state index contributed by atoms with van der Waals surface area (Å²) in [7, 11) is 1.67. The van der Waals surface area contributed by atoms with E-state index < -0.39 is 0 Å². The van der Waals surface area contributed by atoms with Crippen molar-refractivity contribution >= 4 is 11.6 Å². The van der Waals surface area contributed by atoms with E-state index in [4.69, 9.17) is 10.6 Å². The van der Waals surface area contributed by atoms with Gasteiger partial charge in [0.15, 0.2) is 5.82 Å². The smallest absolute Gasteiger partial charge is 0.163 e. The van der Waals surface area contributed by atoms with Gasteiger partial charge in [-0.1, -0.05) is 30.3 Å². The summed E-state index contributed by atoms with van der Waals surface area (Å²) in [5.74, 6) is 7.36. The molecule has 0 aliphatic heterocycles. The van der Waals surface area contributed by atoms with Gasteiger partial charge in [-0.2, -0.15) is 0 Å². The molecule has 0 saturated carbocycles. The lowest BCUT2D eigenvalue weighted by Gasteiger charge is -2.26. The minimum absolute atomic E-state index is 0.247. The van der Waals surface area contributed by atoms with Crippen LogP contribution in [0.15, 0.2) is 36.4 Å². The van der Waals surface area contributed by atoms with E-state index in [0.29, 0.717) is 24.1 Å². The predicted molar refractivity (Wildman–Crippen MR) is 84.9 cm³/mol. The number of hydrazine groups is 1. The fraction of sp³-hybridized carbons (Fsp3) is 0.333. The van der Waals surface area contributed by atoms with Crippen molar-refractivity contribution < 1.29 is 4.74 Å². The number of anilines is 2. The van der Waals surface area contributed by atoms with Gasteiger partial charge in [-0.05, 0) is 13.8 Å². The number of aromatic nitrogens is 2. The van der Waals surface area contributed by atoms with Gasteiger partial charge in [0.1, 0.15) is 11.6 Å². The second kappa shape index (κ2) is 6.51. The van der Waals surface area contributed by atoms with Crippen LogP contribution in [0.25, 0.3) is 11.4 Å². The Morgan fingerprint density at radius 3 is 2.43 bits per heavy atom. The lowest BCUT2D eigenvalue weighted by atomic mass is 10.1. The van der Waals surface area contributed by atoms with E-state index in [2.05, 4.69) is 20.7 Å². The minimum atomic E-state index is -0.247. The van der Waals surface area contributed by atoms with Crippen LogP contribution < -0.4 is 16.6 Å². The number of rotatable bonds is 6. The maximum atomic E-state index is 5.50. The van der Waals surface area contributed by atoms with E-state index in [1.165, 1.54) is 0 Å². The third-order valence-electron chi connectivity index (χ3n) is 2.88. The van der Waals surface area contributed by atoms with E-state index in [-0.39, 0.29) is 5.54 Å². The molecule has 1 aromatic heterocycles. The second-order valence-corrected chi connectivity index (χ2v) is 5.41. The Morgan fingerprint density at radius 1 is 1.14 bits per heavy atom. The predicted octanol–water partition coefficient (Wildman–Crippen LogP) is 2.27. The third-order valence-corrected chi connectivity index (χ3v) is 2.88. The van der Waals surface area contributed by atoms with Crippen molar-refractivity contribution in [2.24, 2.45) is 5.84 Å². The average Bonchev–Trinajstić information content (AvgIpc) is 2.47. The highest BCUT2D eigenvalue weighted by Crippen LogP contribution is 2.21.